The van der Waals surface area contributed by atoms with Gasteiger partial charge in [-0.1, -0.05) is 18.2 Å². The summed E-state index contributed by atoms with van der Waals surface area (Å²) in [6.07, 6.45) is 2.82. The Morgan fingerprint density at radius 2 is 1.52 bits per heavy atom. The summed E-state index contributed by atoms with van der Waals surface area (Å²) < 4.78 is 5.74. The number of hydrogen-bond donors (Lipinski definition) is 0. The number of carbonyl (C=O) groups is 2. The van der Waals surface area contributed by atoms with Crippen LogP contribution in [0.1, 0.15) is 18.4 Å². The Hall–Kier alpha value is -2.04. The molecule has 23 heavy (non-hydrogen) atoms. The summed E-state index contributed by atoms with van der Waals surface area (Å²) in [4.78, 5) is 28.6. The van der Waals surface area contributed by atoms with Crippen LogP contribution in [0.3, 0.4) is 0 Å². The van der Waals surface area contributed by atoms with Gasteiger partial charge in [-0.3, -0.25) is 9.59 Å². The number of hydrogen-bond acceptors (Lipinski definition) is 3. The molecule has 2 aliphatic heterocycles. The zero-order chi connectivity index (χ0) is 15.8. The Morgan fingerprint density at radius 3 is 2.17 bits per heavy atom. The van der Waals surface area contributed by atoms with Crippen molar-refractivity contribution in [2.24, 2.45) is 11.8 Å². The van der Waals surface area contributed by atoms with E-state index in [2.05, 4.69) is 0 Å². The van der Waals surface area contributed by atoms with Gasteiger partial charge in [-0.05, 0) is 30.9 Å². The Bertz CT molecular complexity index is 618. The van der Waals surface area contributed by atoms with Crippen LogP contribution in [0.4, 0.5) is 0 Å². The van der Waals surface area contributed by atoms with E-state index in [1.54, 1.807) is 0 Å². The predicted octanol–water partition coefficient (Wildman–Crippen LogP) is 1.32. The second-order valence-corrected chi connectivity index (χ2v) is 6.74. The standard InChI is InChI=1S/C18H22N2O3/c21-17(13-5-6-13)19-7-9-20(10-8-19)18(22)15-11-14-3-1-2-4-16(14)23-12-15/h1-4,13,15H,5-12H2/t15-/m0/s1. The van der Waals surface area contributed by atoms with Gasteiger partial charge < -0.3 is 14.5 Å². The number of carbonyl (C=O) groups excluding carboxylic acids is 2. The summed E-state index contributed by atoms with van der Waals surface area (Å²) in [5, 5.41) is 0. The van der Waals surface area contributed by atoms with E-state index in [9.17, 15) is 9.59 Å². The Labute approximate surface area is 136 Å². The fourth-order valence-electron chi connectivity index (χ4n) is 3.48. The first-order valence-electron chi connectivity index (χ1n) is 8.50. The molecule has 2 amide bonds. The molecule has 5 nitrogen and oxygen atoms in total. The van der Waals surface area contributed by atoms with E-state index in [4.69, 9.17) is 4.74 Å². The lowest BCUT2D eigenvalue weighted by Gasteiger charge is -2.37. The molecule has 2 heterocycles. The minimum Gasteiger partial charge on any atom is -0.492 e. The highest BCUT2D eigenvalue weighted by Gasteiger charge is 2.36. The predicted molar refractivity (Wildman–Crippen MR) is 85.0 cm³/mol. The Balaban J connectivity index is 1.34. The number of fused-ring (bicyclic) bond motifs is 1. The lowest BCUT2D eigenvalue weighted by molar-refractivity contribution is -0.143. The minimum atomic E-state index is -0.101. The van der Waals surface area contributed by atoms with Gasteiger partial charge in [0, 0.05) is 32.1 Å². The van der Waals surface area contributed by atoms with Crippen LogP contribution in [-0.4, -0.2) is 54.4 Å². The number of para-hydroxylation sites is 1. The average Bonchev–Trinajstić information content (AvgIpc) is 3.45. The molecule has 0 spiro atoms. The van der Waals surface area contributed by atoms with Crippen molar-refractivity contribution in [1.82, 2.24) is 9.80 Å². The van der Waals surface area contributed by atoms with E-state index in [1.807, 2.05) is 34.1 Å². The number of nitrogens with zero attached hydrogens (tertiary/aromatic N) is 2. The molecule has 1 atom stereocenters. The minimum absolute atomic E-state index is 0.101. The molecule has 1 saturated carbocycles. The molecule has 0 bridgehead atoms. The van der Waals surface area contributed by atoms with E-state index in [-0.39, 0.29) is 23.7 Å². The van der Waals surface area contributed by atoms with Crippen molar-refractivity contribution in [3.63, 3.8) is 0 Å². The maximum absolute atomic E-state index is 12.7. The highest BCUT2D eigenvalue weighted by molar-refractivity contribution is 5.82. The molecule has 0 radical (unpaired) electrons. The fourth-order valence-corrected chi connectivity index (χ4v) is 3.48. The second-order valence-electron chi connectivity index (χ2n) is 6.74. The van der Waals surface area contributed by atoms with Crippen molar-refractivity contribution < 1.29 is 14.3 Å². The van der Waals surface area contributed by atoms with E-state index in [0.717, 1.165) is 30.6 Å². The van der Waals surface area contributed by atoms with Crippen LogP contribution in [0.2, 0.25) is 0 Å². The summed E-state index contributed by atoms with van der Waals surface area (Å²) in [6, 6.07) is 7.92. The third-order valence-corrected chi connectivity index (χ3v) is 5.06. The molecular formula is C18H22N2O3. The van der Waals surface area contributed by atoms with Crippen molar-refractivity contribution in [3.05, 3.63) is 29.8 Å². The molecule has 1 aromatic carbocycles. The van der Waals surface area contributed by atoms with Gasteiger partial charge in [0.05, 0.1) is 5.92 Å². The summed E-state index contributed by atoms with van der Waals surface area (Å²) in [6.45, 7) is 3.10. The van der Waals surface area contributed by atoms with Crippen molar-refractivity contribution >= 4 is 11.8 Å². The molecule has 4 rings (SSSR count). The van der Waals surface area contributed by atoms with E-state index in [0.29, 0.717) is 32.8 Å². The number of amides is 2. The highest BCUT2D eigenvalue weighted by atomic mass is 16.5. The molecule has 0 unspecified atom stereocenters. The van der Waals surface area contributed by atoms with Crippen molar-refractivity contribution in [1.29, 1.82) is 0 Å². The lowest BCUT2D eigenvalue weighted by atomic mass is 9.95. The largest absolute Gasteiger partial charge is 0.492 e. The van der Waals surface area contributed by atoms with Gasteiger partial charge in [0.2, 0.25) is 11.8 Å². The first kappa shape index (κ1) is 14.5. The van der Waals surface area contributed by atoms with Crippen molar-refractivity contribution in [2.75, 3.05) is 32.8 Å². The van der Waals surface area contributed by atoms with Crippen molar-refractivity contribution in [2.45, 2.75) is 19.3 Å². The number of piperazine rings is 1. The number of benzene rings is 1. The molecule has 122 valence electrons. The fraction of sp³-hybridized carbons (Fsp3) is 0.556. The maximum atomic E-state index is 12.7. The molecule has 3 aliphatic rings. The topological polar surface area (TPSA) is 49.9 Å². The van der Waals surface area contributed by atoms with Gasteiger partial charge >= 0.3 is 0 Å². The normalized spacial score (nSPS) is 23.9. The highest BCUT2D eigenvalue weighted by Crippen LogP contribution is 2.31. The quantitative estimate of drug-likeness (QED) is 0.827. The molecule has 5 heteroatoms. The molecule has 0 aromatic heterocycles. The van der Waals surface area contributed by atoms with Gasteiger partial charge in [0.15, 0.2) is 0 Å². The molecule has 1 aliphatic carbocycles. The third kappa shape index (κ3) is 2.92. The monoisotopic (exact) mass is 314 g/mol. The summed E-state index contributed by atoms with van der Waals surface area (Å²) >= 11 is 0. The SMILES string of the molecule is O=C(C1CC1)N1CCN(C(=O)[C@@H]2COc3ccccc3C2)CC1. The average molecular weight is 314 g/mol. The van der Waals surface area contributed by atoms with Gasteiger partial charge in [-0.25, -0.2) is 0 Å². The summed E-state index contributed by atoms with van der Waals surface area (Å²) in [5.74, 6) is 1.51. The van der Waals surface area contributed by atoms with Crippen LogP contribution in [-0.2, 0) is 16.0 Å². The second kappa shape index (κ2) is 5.87. The van der Waals surface area contributed by atoms with Gasteiger partial charge in [0.1, 0.15) is 12.4 Å². The smallest absolute Gasteiger partial charge is 0.229 e. The van der Waals surface area contributed by atoms with Crippen LogP contribution >= 0.6 is 0 Å². The third-order valence-electron chi connectivity index (χ3n) is 5.06. The van der Waals surface area contributed by atoms with Gasteiger partial charge in [-0.15, -0.1) is 0 Å². The number of rotatable bonds is 2. The molecule has 1 aromatic rings. The van der Waals surface area contributed by atoms with E-state index < -0.39 is 0 Å². The van der Waals surface area contributed by atoms with Crippen LogP contribution < -0.4 is 4.74 Å². The van der Waals surface area contributed by atoms with E-state index in [1.165, 1.54) is 0 Å². The van der Waals surface area contributed by atoms with Crippen LogP contribution in [0.25, 0.3) is 0 Å². The first-order chi connectivity index (χ1) is 11.2. The zero-order valence-electron chi connectivity index (χ0n) is 13.2. The van der Waals surface area contributed by atoms with Gasteiger partial charge in [-0.2, -0.15) is 0 Å². The Morgan fingerprint density at radius 1 is 0.913 bits per heavy atom. The van der Waals surface area contributed by atoms with E-state index >= 15 is 0 Å². The first-order valence-corrected chi connectivity index (χ1v) is 8.50. The molecule has 1 saturated heterocycles. The van der Waals surface area contributed by atoms with Crippen LogP contribution in [0.15, 0.2) is 24.3 Å². The number of ether oxygens (including phenoxy) is 1. The van der Waals surface area contributed by atoms with Crippen molar-refractivity contribution in [3.8, 4) is 5.75 Å². The maximum Gasteiger partial charge on any atom is 0.229 e. The summed E-state index contributed by atoms with van der Waals surface area (Å²) in [5.41, 5.74) is 1.11. The van der Waals surface area contributed by atoms with Gasteiger partial charge in [0.25, 0.3) is 0 Å². The summed E-state index contributed by atoms with van der Waals surface area (Å²) in [7, 11) is 0. The lowest BCUT2D eigenvalue weighted by Crippen LogP contribution is -2.53. The van der Waals surface area contributed by atoms with Crippen LogP contribution in [0, 0.1) is 11.8 Å². The molecule has 2 fully saturated rings. The molecular weight excluding hydrogens is 292 g/mol. The zero-order valence-corrected chi connectivity index (χ0v) is 13.2. The van der Waals surface area contributed by atoms with Crippen LogP contribution in [0.5, 0.6) is 5.75 Å². The molecule has 0 N–H and O–H groups in total. The Kier molecular flexibility index (Phi) is 3.71.